The van der Waals surface area contributed by atoms with Crippen LogP contribution in [0.3, 0.4) is 0 Å². The van der Waals surface area contributed by atoms with Gasteiger partial charge in [0.15, 0.2) is 6.10 Å². The maximum atomic E-state index is 10.7. The summed E-state index contributed by atoms with van der Waals surface area (Å²) in [7, 11) is 0. The van der Waals surface area contributed by atoms with Gasteiger partial charge < -0.3 is 20.0 Å². The molecule has 2 heterocycles. The molecule has 1 aromatic heterocycles. The first-order valence-corrected chi connectivity index (χ1v) is 5.54. The fourth-order valence-electron chi connectivity index (χ4n) is 2.02. The van der Waals surface area contributed by atoms with Gasteiger partial charge in [-0.3, -0.25) is 0 Å². The molecule has 0 aliphatic carbocycles. The van der Waals surface area contributed by atoms with Gasteiger partial charge in [-0.15, -0.1) is 0 Å². The molecule has 1 aromatic rings. The molecular weight excluding hydrogens is 242 g/mol. The molecule has 0 spiro atoms. The van der Waals surface area contributed by atoms with E-state index in [4.69, 9.17) is 9.84 Å². The molecular formula is C10H13N3O5. The molecule has 98 valence electrons. The molecule has 1 saturated heterocycles. The molecule has 1 aliphatic rings. The van der Waals surface area contributed by atoms with Gasteiger partial charge in [0.1, 0.15) is 0 Å². The molecule has 1 N–H and O–H groups in total. The van der Waals surface area contributed by atoms with Gasteiger partial charge in [0.25, 0.3) is 0 Å². The fourth-order valence-corrected chi connectivity index (χ4v) is 2.02. The molecule has 18 heavy (non-hydrogen) atoms. The maximum absolute atomic E-state index is 10.7. The molecule has 2 unspecified atom stereocenters. The number of carbonyl (C=O) groups is 1. The number of hydrogen-bond acceptors (Lipinski definition) is 5. The Labute approximate surface area is 102 Å². The number of aryl methyl sites for hydroxylation is 1. The number of aromatic nitrogens is 2. The van der Waals surface area contributed by atoms with Crippen molar-refractivity contribution in [2.45, 2.75) is 38.5 Å². The second-order valence-electron chi connectivity index (χ2n) is 4.28. The first-order chi connectivity index (χ1) is 8.47. The standard InChI is InChI=1S/C10H13N3O5/c1-6-4-12(11-9(6)13(16)17)5-7-2-3-8(18-7)10(14)15/h4,7-8H,2-3,5H2,1H3,(H,14,15). The topological polar surface area (TPSA) is 107 Å². The van der Waals surface area contributed by atoms with Crippen LogP contribution in [0.2, 0.25) is 0 Å². The second-order valence-corrected chi connectivity index (χ2v) is 4.28. The minimum Gasteiger partial charge on any atom is -0.479 e. The van der Waals surface area contributed by atoms with Gasteiger partial charge in [0.05, 0.1) is 29.5 Å². The zero-order valence-corrected chi connectivity index (χ0v) is 9.78. The molecule has 0 amide bonds. The molecule has 2 rings (SSSR count). The Morgan fingerprint density at radius 3 is 2.94 bits per heavy atom. The van der Waals surface area contributed by atoms with E-state index >= 15 is 0 Å². The SMILES string of the molecule is Cc1cn(CC2CCC(C(=O)O)O2)nc1[N+](=O)[O-]. The van der Waals surface area contributed by atoms with E-state index in [1.54, 1.807) is 13.1 Å². The average molecular weight is 255 g/mol. The lowest BCUT2D eigenvalue weighted by Gasteiger charge is -2.08. The van der Waals surface area contributed by atoms with Gasteiger partial charge in [0.2, 0.25) is 0 Å². The predicted molar refractivity (Wildman–Crippen MR) is 59.1 cm³/mol. The lowest BCUT2D eigenvalue weighted by Crippen LogP contribution is -2.23. The summed E-state index contributed by atoms with van der Waals surface area (Å²) in [5.41, 5.74) is 0.479. The van der Waals surface area contributed by atoms with Crippen molar-refractivity contribution in [1.82, 2.24) is 9.78 Å². The van der Waals surface area contributed by atoms with Crippen LogP contribution in [0, 0.1) is 17.0 Å². The van der Waals surface area contributed by atoms with Crippen molar-refractivity contribution in [3.05, 3.63) is 21.9 Å². The van der Waals surface area contributed by atoms with E-state index in [2.05, 4.69) is 5.10 Å². The maximum Gasteiger partial charge on any atom is 0.392 e. The molecule has 1 fully saturated rings. The number of ether oxygens (including phenoxy) is 1. The smallest absolute Gasteiger partial charge is 0.392 e. The first kappa shape index (κ1) is 12.5. The van der Waals surface area contributed by atoms with E-state index in [1.807, 2.05) is 0 Å². The van der Waals surface area contributed by atoms with Crippen LogP contribution in [-0.4, -0.2) is 38.0 Å². The zero-order chi connectivity index (χ0) is 13.3. The number of aliphatic carboxylic acids is 1. The van der Waals surface area contributed by atoms with Crippen molar-refractivity contribution in [2.75, 3.05) is 0 Å². The summed E-state index contributed by atoms with van der Waals surface area (Å²) < 4.78 is 6.74. The van der Waals surface area contributed by atoms with Crippen LogP contribution >= 0.6 is 0 Å². The molecule has 0 radical (unpaired) electrons. The van der Waals surface area contributed by atoms with Crippen LogP contribution in [-0.2, 0) is 16.1 Å². The number of nitrogens with zero attached hydrogens (tertiary/aromatic N) is 3. The van der Waals surface area contributed by atoms with Gasteiger partial charge in [-0.05, 0) is 24.7 Å². The number of carboxylic acid groups (broad SMARTS) is 1. The molecule has 0 bridgehead atoms. The minimum atomic E-state index is -0.972. The highest BCUT2D eigenvalue weighted by atomic mass is 16.6. The Morgan fingerprint density at radius 2 is 2.44 bits per heavy atom. The molecule has 2 atom stereocenters. The Balaban J connectivity index is 2.01. The van der Waals surface area contributed by atoms with Crippen LogP contribution in [0.4, 0.5) is 5.82 Å². The van der Waals surface area contributed by atoms with Gasteiger partial charge in [-0.2, -0.15) is 4.68 Å². The molecule has 8 nitrogen and oxygen atoms in total. The van der Waals surface area contributed by atoms with E-state index in [0.29, 0.717) is 24.9 Å². The summed E-state index contributed by atoms with van der Waals surface area (Å²) >= 11 is 0. The Bertz CT molecular complexity index is 484. The second kappa shape index (κ2) is 4.73. The van der Waals surface area contributed by atoms with E-state index < -0.39 is 17.0 Å². The van der Waals surface area contributed by atoms with E-state index in [-0.39, 0.29) is 11.9 Å². The van der Waals surface area contributed by atoms with E-state index in [9.17, 15) is 14.9 Å². The Kier molecular flexibility index (Phi) is 3.28. The highest BCUT2D eigenvalue weighted by Crippen LogP contribution is 2.22. The average Bonchev–Trinajstić information content (AvgIpc) is 2.86. The normalized spacial score (nSPS) is 23.2. The number of hydrogen-bond donors (Lipinski definition) is 1. The highest BCUT2D eigenvalue weighted by molar-refractivity contribution is 5.72. The van der Waals surface area contributed by atoms with Crippen LogP contribution in [0.25, 0.3) is 0 Å². The number of rotatable bonds is 4. The largest absolute Gasteiger partial charge is 0.479 e. The van der Waals surface area contributed by atoms with Gasteiger partial charge >= 0.3 is 11.8 Å². The summed E-state index contributed by atoms with van der Waals surface area (Å²) in [6, 6.07) is 0. The van der Waals surface area contributed by atoms with Crippen molar-refractivity contribution in [3.8, 4) is 0 Å². The minimum absolute atomic E-state index is 0.178. The number of carboxylic acids is 1. The Morgan fingerprint density at radius 1 is 1.72 bits per heavy atom. The summed E-state index contributed by atoms with van der Waals surface area (Å²) in [5, 5.41) is 23.2. The monoisotopic (exact) mass is 255 g/mol. The third-order valence-corrected chi connectivity index (χ3v) is 2.87. The van der Waals surface area contributed by atoms with Crippen molar-refractivity contribution >= 4 is 11.8 Å². The van der Waals surface area contributed by atoms with Crippen molar-refractivity contribution in [3.63, 3.8) is 0 Å². The molecule has 0 aromatic carbocycles. The summed E-state index contributed by atoms with van der Waals surface area (Å²) in [4.78, 5) is 20.8. The molecule has 1 aliphatic heterocycles. The molecule has 8 heteroatoms. The third kappa shape index (κ3) is 2.48. The first-order valence-electron chi connectivity index (χ1n) is 5.54. The van der Waals surface area contributed by atoms with Gasteiger partial charge in [-0.25, -0.2) is 4.79 Å². The van der Waals surface area contributed by atoms with Crippen molar-refractivity contribution < 1.29 is 19.6 Å². The van der Waals surface area contributed by atoms with Crippen LogP contribution in [0.15, 0.2) is 6.20 Å². The highest BCUT2D eigenvalue weighted by Gasteiger charge is 2.31. The summed E-state index contributed by atoms with van der Waals surface area (Å²) in [5.74, 6) is -1.15. The lowest BCUT2D eigenvalue weighted by molar-refractivity contribution is -0.390. The lowest BCUT2D eigenvalue weighted by atomic mass is 10.2. The number of nitro groups is 1. The third-order valence-electron chi connectivity index (χ3n) is 2.87. The van der Waals surface area contributed by atoms with Crippen LogP contribution in [0.5, 0.6) is 0 Å². The van der Waals surface area contributed by atoms with Gasteiger partial charge in [0, 0.05) is 0 Å². The molecule has 0 saturated carbocycles. The summed E-state index contributed by atoms with van der Waals surface area (Å²) in [6.07, 6.45) is 1.60. The van der Waals surface area contributed by atoms with Crippen LogP contribution < -0.4 is 0 Å². The van der Waals surface area contributed by atoms with Crippen LogP contribution in [0.1, 0.15) is 18.4 Å². The fraction of sp³-hybridized carbons (Fsp3) is 0.600. The van der Waals surface area contributed by atoms with Crippen molar-refractivity contribution in [2.24, 2.45) is 0 Å². The van der Waals surface area contributed by atoms with Crippen molar-refractivity contribution in [1.29, 1.82) is 0 Å². The van der Waals surface area contributed by atoms with Gasteiger partial charge in [-0.1, -0.05) is 0 Å². The Hall–Kier alpha value is -1.96. The quantitative estimate of drug-likeness (QED) is 0.627. The summed E-state index contributed by atoms with van der Waals surface area (Å²) in [6.45, 7) is 1.94. The van der Waals surface area contributed by atoms with E-state index in [1.165, 1.54) is 4.68 Å². The van der Waals surface area contributed by atoms with E-state index in [0.717, 1.165) is 0 Å². The zero-order valence-electron chi connectivity index (χ0n) is 9.78. The predicted octanol–water partition coefficient (Wildman–Crippen LogP) is 0.732.